The van der Waals surface area contributed by atoms with E-state index in [1.807, 2.05) is 19.1 Å². The summed E-state index contributed by atoms with van der Waals surface area (Å²) in [5, 5.41) is 0.666. The van der Waals surface area contributed by atoms with Crippen molar-refractivity contribution in [2.75, 3.05) is 0 Å². The van der Waals surface area contributed by atoms with Crippen molar-refractivity contribution in [3.8, 4) is 16.5 Å². The zero-order valence-corrected chi connectivity index (χ0v) is 16.7. The van der Waals surface area contributed by atoms with Crippen molar-refractivity contribution >= 4 is 16.9 Å². The number of ether oxygens (including phenoxy) is 1. The van der Waals surface area contributed by atoms with Crippen LogP contribution in [0.4, 0.5) is 4.39 Å². The predicted molar refractivity (Wildman–Crippen MR) is 110 cm³/mol. The monoisotopic (exact) mass is 373 g/mol. The lowest BCUT2D eigenvalue weighted by atomic mass is 10.1. The largest absolute Gasteiger partial charge is 0.467 e. The van der Waals surface area contributed by atoms with E-state index in [0.29, 0.717) is 5.19 Å². The van der Waals surface area contributed by atoms with Crippen molar-refractivity contribution in [2.45, 2.75) is 59.0 Å². The van der Waals surface area contributed by atoms with Gasteiger partial charge in [-0.1, -0.05) is 63.2 Å². The number of hydrogen-bond donors (Lipinski definition) is 0. The fourth-order valence-electron chi connectivity index (χ4n) is 2.81. The van der Waals surface area contributed by atoms with Crippen LogP contribution in [0.1, 0.15) is 57.8 Å². The summed E-state index contributed by atoms with van der Waals surface area (Å²) in [6.07, 6.45) is 9.57. The van der Waals surface area contributed by atoms with E-state index in [9.17, 15) is 4.39 Å². The van der Waals surface area contributed by atoms with Crippen LogP contribution < -0.4 is 4.74 Å². The first-order valence-electron chi connectivity index (χ1n) is 9.34. The maximum Gasteiger partial charge on any atom is 0.274 e. The molecule has 0 bridgehead atoms. The molecule has 0 saturated carbocycles. The maximum atomic E-state index is 13.3. The van der Waals surface area contributed by atoms with Crippen LogP contribution in [0.3, 0.4) is 0 Å². The Kier molecular flexibility index (Phi) is 8.05. The van der Waals surface area contributed by atoms with Gasteiger partial charge in [-0.25, -0.2) is 9.37 Å². The van der Waals surface area contributed by atoms with Crippen molar-refractivity contribution in [3.05, 3.63) is 53.7 Å². The average Bonchev–Trinajstić information content (AvgIpc) is 3.04. The number of halogens is 1. The molecule has 0 N–H and O–H groups in total. The highest BCUT2D eigenvalue weighted by Gasteiger charge is 2.18. The van der Waals surface area contributed by atoms with Gasteiger partial charge in [0, 0.05) is 5.56 Å². The van der Waals surface area contributed by atoms with Gasteiger partial charge < -0.3 is 4.74 Å². The Morgan fingerprint density at radius 2 is 1.96 bits per heavy atom. The normalized spacial score (nSPS) is 12.5. The van der Waals surface area contributed by atoms with Crippen molar-refractivity contribution < 1.29 is 9.13 Å². The third-order valence-corrected chi connectivity index (χ3v) is 5.16. The third kappa shape index (κ3) is 5.53. The fraction of sp³-hybridized carbons (Fsp3) is 0.409. The summed E-state index contributed by atoms with van der Waals surface area (Å²) in [5.41, 5.74) is 2.57. The zero-order valence-electron chi connectivity index (χ0n) is 15.9. The summed E-state index contributed by atoms with van der Waals surface area (Å²) in [6.45, 7) is 10.5. The highest BCUT2D eigenvalue weighted by molar-refractivity contribution is 7.15. The minimum absolute atomic E-state index is 0.190. The summed E-state index contributed by atoms with van der Waals surface area (Å²) in [6, 6.07) is 6.42. The van der Waals surface area contributed by atoms with E-state index in [0.717, 1.165) is 53.8 Å². The van der Waals surface area contributed by atoms with E-state index < -0.39 is 0 Å². The molecule has 0 amide bonds. The van der Waals surface area contributed by atoms with Gasteiger partial charge in [-0.2, -0.15) is 0 Å². The molecule has 26 heavy (non-hydrogen) atoms. The average molecular weight is 374 g/mol. The zero-order chi connectivity index (χ0) is 18.9. The molecule has 0 aliphatic carbocycles. The number of thiazole rings is 1. The van der Waals surface area contributed by atoms with E-state index in [1.54, 1.807) is 12.1 Å². The van der Waals surface area contributed by atoms with Gasteiger partial charge in [0.25, 0.3) is 5.19 Å². The summed E-state index contributed by atoms with van der Waals surface area (Å²) in [5.74, 6) is -0.253. The van der Waals surface area contributed by atoms with Crippen molar-refractivity contribution in [1.29, 1.82) is 0 Å². The molecule has 0 spiro atoms. The molecule has 0 aliphatic rings. The first-order valence-corrected chi connectivity index (χ1v) is 10.2. The molecule has 1 aromatic carbocycles. The highest BCUT2D eigenvalue weighted by Crippen LogP contribution is 2.38. The fourth-order valence-corrected chi connectivity index (χ4v) is 3.76. The number of allylic oxidation sites excluding steroid dienone is 3. The lowest BCUT2D eigenvalue weighted by Crippen LogP contribution is -2.16. The van der Waals surface area contributed by atoms with Gasteiger partial charge in [0.2, 0.25) is 0 Å². The summed E-state index contributed by atoms with van der Waals surface area (Å²) >= 11 is 1.52. The van der Waals surface area contributed by atoms with Gasteiger partial charge in [-0.3, -0.25) is 0 Å². The second-order valence-electron chi connectivity index (χ2n) is 6.36. The van der Waals surface area contributed by atoms with Gasteiger partial charge in [-0.15, -0.1) is 0 Å². The first-order chi connectivity index (χ1) is 12.6. The molecular weight excluding hydrogens is 345 g/mol. The smallest absolute Gasteiger partial charge is 0.274 e. The molecule has 0 aliphatic heterocycles. The molecule has 1 atom stereocenters. The van der Waals surface area contributed by atoms with Crippen LogP contribution in [0, 0.1) is 5.82 Å². The second-order valence-corrected chi connectivity index (χ2v) is 7.32. The molecular formula is C22H28FNOS. The Labute approximate surface area is 160 Å². The first kappa shape index (κ1) is 20.4. The summed E-state index contributed by atoms with van der Waals surface area (Å²) < 4.78 is 19.5. The van der Waals surface area contributed by atoms with E-state index in [-0.39, 0.29) is 11.9 Å². The van der Waals surface area contributed by atoms with Crippen molar-refractivity contribution in [1.82, 2.24) is 4.98 Å². The predicted octanol–water partition coefficient (Wildman–Crippen LogP) is 7.28. The lowest BCUT2D eigenvalue weighted by molar-refractivity contribution is 0.176. The number of benzene rings is 1. The topological polar surface area (TPSA) is 22.1 Å². The Morgan fingerprint density at radius 3 is 2.58 bits per heavy atom. The van der Waals surface area contributed by atoms with Crippen LogP contribution in [0.2, 0.25) is 0 Å². The van der Waals surface area contributed by atoms with Gasteiger partial charge in [0.1, 0.15) is 11.9 Å². The molecule has 0 radical (unpaired) electrons. The molecule has 1 unspecified atom stereocenters. The van der Waals surface area contributed by atoms with Crippen molar-refractivity contribution in [3.63, 3.8) is 0 Å². The number of aromatic nitrogens is 1. The molecule has 2 nitrogen and oxygen atoms in total. The molecule has 1 aromatic heterocycles. The SMILES string of the molecule is C=C(/C=C\C)c1sc(OC(CCC)CCCC)nc1-c1ccc(F)cc1. The van der Waals surface area contributed by atoms with Gasteiger partial charge in [-0.05, 0) is 49.6 Å². The Morgan fingerprint density at radius 1 is 1.23 bits per heavy atom. The number of unbranched alkanes of at least 4 members (excludes halogenated alkanes) is 1. The van der Waals surface area contributed by atoms with Crippen molar-refractivity contribution in [2.24, 2.45) is 0 Å². The minimum Gasteiger partial charge on any atom is -0.467 e. The molecule has 140 valence electrons. The molecule has 0 fully saturated rings. The van der Waals surface area contributed by atoms with Gasteiger partial charge >= 0.3 is 0 Å². The van der Waals surface area contributed by atoms with Crippen LogP contribution >= 0.6 is 11.3 Å². The van der Waals surface area contributed by atoms with Gasteiger partial charge in [0.05, 0.1) is 10.6 Å². The number of nitrogens with zero attached hydrogens (tertiary/aromatic N) is 1. The van der Waals surface area contributed by atoms with E-state index in [2.05, 4.69) is 20.4 Å². The van der Waals surface area contributed by atoms with Crippen LogP contribution in [0.5, 0.6) is 5.19 Å². The second kappa shape index (κ2) is 10.3. The maximum absolute atomic E-state index is 13.3. The number of rotatable bonds is 10. The summed E-state index contributed by atoms with van der Waals surface area (Å²) in [4.78, 5) is 5.69. The summed E-state index contributed by atoms with van der Waals surface area (Å²) in [7, 11) is 0. The molecule has 1 heterocycles. The quantitative estimate of drug-likeness (QED) is 0.408. The Balaban J connectivity index is 2.34. The molecule has 2 aromatic rings. The van der Waals surface area contributed by atoms with E-state index in [1.165, 1.54) is 23.5 Å². The van der Waals surface area contributed by atoms with Crippen LogP contribution in [0.25, 0.3) is 16.8 Å². The highest BCUT2D eigenvalue weighted by atomic mass is 32.1. The van der Waals surface area contributed by atoms with E-state index >= 15 is 0 Å². The third-order valence-electron chi connectivity index (χ3n) is 4.14. The van der Waals surface area contributed by atoms with Crippen LogP contribution in [0.15, 0.2) is 43.0 Å². The molecule has 4 heteroatoms. The lowest BCUT2D eigenvalue weighted by Gasteiger charge is -2.15. The number of hydrogen-bond acceptors (Lipinski definition) is 3. The minimum atomic E-state index is -0.253. The Bertz CT molecular complexity index is 733. The Hall–Kier alpha value is -1.94. The van der Waals surface area contributed by atoms with Crippen LogP contribution in [-0.4, -0.2) is 11.1 Å². The van der Waals surface area contributed by atoms with Crippen LogP contribution in [-0.2, 0) is 0 Å². The molecule has 0 saturated heterocycles. The molecule has 2 rings (SSSR count). The van der Waals surface area contributed by atoms with Gasteiger partial charge in [0.15, 0.2) is 0 Å². The standard InChI is InChI=1S/C22H28FNOS/c1-5-8-11-19(10-7-3)25-22-24-20(17-12-14-18(23)15-13-17)21(26-22)16(4)9-6-2/h6,9,12-15,19H,4-5,7-8,10-11H2,1-3H3/b9-6-. The van der Waals surface area contributed by atoms with E-state index in [4.69, 9.17) is 9.72 Å².